The summed E-state index contributed by atoms with van der Waals surface area (Å²) in [6.07, 6.45) is 1.63. The summed E-state index contributed by atoms with van der Waals surface area (Å²) >= 11 is 1.57. The number of piperidine rings is 1. The van der Waals surface area contributed by atoms with Crippen LogP contribution < -0.4 is 27.0 Å². The first-order valence-corrected chi connectivity index (χ1v) is 12.1. The van der Waals surface area contributed by atoms with E-state index >= 15 is 0 Å². The van der Waals surface area contributed by atoms with Crippen molar-refractivity contribution < 1.29 is 9.59 Å². The van der Waals surface area contributed by atoms with Gasteiger partial charge in [0.25, 0.3) is 0 Å². The van der Waals surface area contributed by atoms with Crippen LogP contribution in [-0.2, 0) is 4.79 Å². The Morgan fingerprint density at radius 2 is 2.03 bits per heavy atom. The molecule has 0 spiro atoms. The molecule has 0 bridgehead atoms. The van der Waals surface area contributed by atoms with Gasteiger partial charge in [-0.25, -0.2) is 9.78 Å². The maximum Gasteiger partial charge on any atom is 0.314 e. The largest absolute Gasteiger partial charge is 0.351 e. The highest BCUT2D eigenvalue weighted by Gasteiger charge is 2.42. The number of rotatable bonds is 4. The monoisotopic (exact) mass is 458 g/mol. The predicted molar refractivity (Wildman–Crippen MR) is 123 cm³/mol. The summed E-state index contributed by atoms with van der Waals surface area (Å²) in [5.74, 6) is -0.455. The minimum atomic E-state index is -0.419. The molecule has 3 saturated heterocycles. The quantitative estimate of drug-likeness (QED) is 0.427. The highest BCUT2D eigenvalue weighted by molar-refractivity contribution is 7.18. The van der Waals surface area contributed by atoms with Crippen molar-refractivity contribution >= 4 is 33.5 Å². The number of thiazole rings is 1. The molecule has 1 aromatic heterocycles. The number of hydrogen-bond acceptors (Lipinski definition) is 8. The van der Waals surface area contributed by atoms with E-state index in [0.717, 1.165) is 41.2 Å². The highest BCUT2D eigenvalue weighted by atomic mass is 32.1. The third-order valence-corrected chi connectivity index (χ3v) is 7.63. The van der Waals surface area contributed by atoms with Gasteiger partial charge in [0.1, 0.15) is 17.2 Å². The minimum absolute atomic E-state index is 0.0357. The van der Waals surface area contributed by atoms with E-state index in [1.165, 1.54) is 0 Å². The number of nitrogens with zero attached hydrogens (tertiary/aromatic N) is 3. The van der Waals surface area contributed by atoms with Crippen LogP contribution in [0.15, 0.2) is 24.3 Å². The second-order valence-electron chi connectivity index (χ2n) is 8.62. The van der Waals surface area contributed by atoms with E-state index in [4.69, 9.17) is 10.7 Å². The van der Waals surface area contributed by atoms with E-state index in [2.05, 4.69) is 26.2 Å². The van der Waals surface area contributed by atoms with E-state index in [1.807, 2.05) is 24.3 Å². The Hall–Kier alpha value is -2.31. The molecule has 3 aliphatic rings. The van der Waals surface area contributed by atoms with E-state index < -0.39 is 11.9 Å². The van der Waals surface area contributed by atoms with Crippen LogP contribution in [0, 0.1) is 0 Å². The number of benzene rings is 1. The number of urea groups is 1. The van der Waals surface area contributed by atoms with Crippen LogP contribution in [0.5, 0.6) is 0 Å². The van der Waals surface area contributed by atoms with Gasteiger partial charge in [-0.3, -0.25) is 20.3 Å². The summed E-state index contributed by atoms with van der Waals surface area (Å²) in [4.78, 5) is 33.4. The second kappa shape index (κ2) is 9.28. The van der Waals surface area contributed by atoms with Crippen molar-refractivity contribution in [1.29, 1.82) is 0 Å². The maximum absolute atomic E-state index is 13.4. The molecule has 3 aliphatic heterocycles. The van der Waals surface area contributed by atoms with E-state index in [-0.39, 0.29) is 24.4 Å². The first kappa shape index (κ1) is 21.5. The van der Waals surface area contributed by atoms with Crippen molar-refractivity contribution in [1.82, 2.24) is 36.1 Å². The Balaban J connectivity index is 1.36. The zero-order valence-corrected chi connectivity index (χ0v) is 18.7. The van der Waals surface area contributed by atoms with E-state index in [9.17, 15) is 9.59 Å². The number of carbonyl (C=O) groups is 2. The van der Waals surface area contributed by atoms with Crippen molar-refractivity contribution in [2.45, 2.75) is 37.3 Å². The van der Waals surface area contributed by atoms with Gasteiger partial charge in [-0.05, 0) is 31.5 Å². The fraction of sp³-hybridized carbons (Fsp3) is 0.571. The Kier molecular flexibility index (Phi) is 6.24. The van der Waals surface area contributed by atoms with Gasteiger partial charge in [0.05, 0.1) is 16.4 Å². The van der Waals surface area contributed by atoms with Gasteiger partial charge in [0.2, 0.25) is 5.91 Å². The van der Waals surface area contributed by atoms with Gasteiger partial charge in [-0.1, -0.05) is 12.1 Å². The number of nitrogens with two attached hydrogens (primary N) is 1. The van der Waals surface area contributed by atoms with Gasteiger partial charge in [-0.2, -0.15) is 0 Å². The summed E-state index contributed by atoms with van der Waals surface area (Å²) < 4.78 is 1.08. The number of piperazine rings is 1. The number of nitrogens with one attached hydrogen (secondary N) is 4. The molecular weight excluding hydrogens is 428 g/mol. The van der Waals surface area contributed by atoms with Gasteiger partial charge in [0.15, 0.2) is 0 Å². The first-order chi connectivity index (χ1) is 15.6. The van der Waals surface area contributed by atoms with Gasteiger partial charge >= 0.3 is 6.03 Å². The number of hydrogen-bond donors (Lipinski definition) is 5. The zero-order valence-electron chi connectivity index (χ0n) is 17.9. The second-order valence-corrected chi connectivity index (χ2v) is 9.69. The molecule has 0 radical (unpaired) electrons. The number of para-hydroxylation sites is 1. The van der Waals surface area contributed by atoms with Crippen LogP contribution in [0.2, 0.25) is 0 Å². The molecule has 172 valence electrons. The average Bonchev–Trinajstić information content (AvgIpc) is 3.23. The van der Waals surface area contributed by atoms with Crippen LogP contribution in [-0.4, -0.2) is 84.5 Å². The fourth-order valence-corrected chi connectivity index (χ4v) is 5.86. The van der Waals surface area contributed by atoms with Crippen molar-refractivity contribution in [3.63, 3.8) is 0 Å². The molecule has 10 nitrogen and oxygen atoms in total. The number of amides is 3. The molecule has 32 heavy (non-hydrogen) atoms. The molecule has 4 atom stereocenters. The highest BCUT2D eigenvalue weighted by Crippen LogP contribution is 2.31. The standard InChI is InChI=1S/C21H30N8O2S/c22-20(31)28-8-10-29(11-9-28)21-26-17(24-13-4-3-7-23-12-13)16(18(30)27-21)19-25-14-5-1-2-6-15(14)32-19/h1-2,5-6,13,16-17,21,23-24,26H,3-4,7-12H2,(H2,22,31)(H,27,30)/t13-,16?,17?,21?/m1/s1. The van der Waals surface area contributed by atoms with Gasteiger partial charge < -0.3 is 21.3 Å². The molecule has 2 aromatic rings. The average molecular weight is 459 g/mol. The summed E-state index contributed by atoms with van der Waals surface area (Å²) in [5, 5.41) is 14.7. The van der Waals surface area contributed by atoms with Crippen LogP contribution in [0.1, 0.15) is 23.8 Å². The third kappa shape index (κ3) is 4.44. The molecular formula is C21H30N8O2S. The molecule has 6 N–H and O–H groups in total. The Labute approximate surface area is 190 Å². The first-order valence-electron chi connectivity index (χ1n) is 11.3. The molecule has 0 saturated carbocycles. The van der Waals surface area contributed by atoms with Crippen molar-refractivity contribution in [2.75, 3.05) is 39.3 Å². The lowest BCUT2D eigenvalue weighted by molar-refractivity contribution is -0.130. The topological polar surface area (TPSA) is 128 Å². The third-order valence-electron chi connectivity index (χ3n) is 6.51. The zero-order chi connectivity index (χ0) is 22.1. The smallest absolute Gasteiger partial charge is 0.314 e. The summed E-state index contributed by atoms with van der Waals surface area (Å²) in [6, 6.07) is 7.88. The lowest BCUT2D eigenvalue weighted by Crippen LogP contribution is -2.72. The fourth-order valence-electron chi connectivity index (χ4n) is 4.75. The summed E-state index contributed by atoms with van der Waals surface area (Å²) in [5.41, 5.74) is 6.33. The Morgan fingerprint density at radius 3 is 2.75 bits per heavy atom. The number of aromatic nitrogens is 1. The molecule has 5 rings (SSSR count). The summed E-state index contributed by atoms with van der Waals surface area (Å²) in [6.45, 7) is 4.30. The minimum Gasteiger partial charge on any atom is -0.351 e. The van der Waals surface area contributed by atoms with Gasteiger partial charge in [-0.15, -0.1) is 11.3 Å². The van der Waals surface area contributed by atoms with E-state index in [0.29, 0.717) is 26.2 Å². The van der Waals surface area contributed by atoms with Crippen LogP contribution in [0.4, 0.5) is 4.79 Å². The molecule has 0 aliphatic carbocycles. The van der Waals surface area contributed by atoms with Crippen LogP contribution in [0.3, 0.4) is 0 Å². The normalized spacial score (nSPS) is 29.8. The van der Waals surface area contributed by atoms with Crippen molar-refractivity contribution in [3.05, 3.63) is 29.3 Å². The number of carbonyl (C=O) groups excluding carboxylic acids is 2. The summed E-state index contributed by atoms with van der Waals surface area (Å²) in [7, 11) is 0. The predicted octanol–water partition coefficient (Wildman–Crippen LogP) is -0.253. The van der Waals surface area contributed by atoms with Crippen molar-refractivity contribution in [3.8, 4) is 0 Å². The maximum atomic E-state index is 13.4. The number of fused-ring (bicyclic) bond motifs is 1. The molecule has 3 fully saturated rings. The lowest BCUT2D eigenvalue weighted by Gasteiger charge is -2.45. The molecule has 3 unspecified atom stereocenters. The van der Waals surface area contributed by atoms with Gasteiger partial charge in [0, 0.05) is 38.8 Å². The lowest BCUT2D eigenvalue weighted by atomic mass is 10.00. The van der Waals surface area contributed by atoms with E-state index in [1.54, 1.807) is 16.2 Å². The van der Waals surface area contributed by atoms with Crippen molar-refractivity contribution in [2.24, 2.45) is 5.73 Å². The van der Waals surface area contributed by atoms with Crippen LogP contribution in [0.25, 0.3) is 10.2 Å². The molecule has 3 amide bonds. The number of primary amides is 1. The SMILES string of the molecule is NC(=O)N1CCN(C2NC(=O)C(c3nc4ccccc4s3)C(N[C@@H]3CCCNC3)N2)CC1. The Morgan fingerprint density at radius 1 is 1.22 bits per heavy atom. The van der Waals surface area contributed by atoms with Crippen LogP contribution >= 0.6 is 11.3 Å². The molecule has 4 heterocycles. The Bertz CT molecular complexity index is 937. The molecule has 1 aromatic carbocycles. The molecule has 11 heteroatoms.